The lowest BCUT2D eigenvalue weighted by atomic mass is 10.3. The molecule has 2 heterocycles. The van der Waals surface area contributed by atoms with Crippen LogP contribution in [0.4, 0.5) is 5.82 Å². The molecule has 0 atom stereocenters. The lowest BCUT2D eigenvalue weighted by Crippen LogP contribution is -2.21. The third-order valence-corrected chi connectivity index (χ3v) is 2.07. The molecule has 0 saturated carbocycles. The summed E-state index contributed by atoms with van der Waals surface area (Å²) >= 11 is 0. The highest BCUT2D eigenvalue weighted by Crippen LogP contribution is 2.16. The highest BCUT2D eigenvalue weighted by atomic mass is 16.2. The predicted molar refractivity (Wildman–Crippen MR) is 55.4 cm³/mol. The standard InChI is InChI=1S/C9H11N5O/c1-6-2-3-8(12-11-6)14-9(15)4-7(5-10)13-14/h2-3H,4-5,10H2,1H3. The van der Waals surface area contributed by atoms with Crippen molar-refractivity contribution in [2.75, 3.05) is 11.6 Å². The summed E-state index contributed by atoms with van der Waals surface area (Å²) in [5, 5.41) is 13.1. The molecule has 0 bridgehead atoms. The van der Waals surface area contributed by atoms with Gasteiger partial charge < -0.3 is 5.73 Å². The maximum atomic E-state index is 11.5. The largest absolute Gasteiger partial charge is 0.325 e. The van der Waals surface area contributed by atoms with Crippen LogP contribution in [0.1, 0.15) is 12.1 Å². The Balaban J connectivity index is 2.28. The second-order valence-electron chi connectivity index (χ2n) is 3.29. The Hall–Kier alpha value is -1.82. The van der Waals surface area contributed by atoms with Gasteiger partial charge >= 0.3 is 0 Å². The van der Waals surface area contributed by atoms with Crippen LogP contribution in [0.2, 0.25) is 0 Å². The fourth-order valence-electron chi connectivity index (χ4n) is 1.28. The first-order valence-corrected chi connectivity index (χ1v) is 4.60. The number of nitrogens with zero attached hydrogens (tertiary/aromatic N) is 4. The number of rotatable bonds is 2. The van der Waals surface area contributed by atoms with Gasteiger partial charge in [-0.05, 0) is 19.1 Å². The molecule has 6 heteroatoms. The van der Waals surface area contributed by atoms with Crippen molar-refractivity contribution in [1.82, 2.24) is 10.2 Å². The van der Waals surface area contributed by atoms with Crippen LogP contribution in [0.5, 0.6) is 0 Å². The topological polar surface area (TPSA) is 84.5 Å². The van der Waals surface area contributed by atoms with E-state index in [1.54, 1.807) is 12.1 Å². The molecule has 0 spiro atoms. The first kappa shape index (κ1) is 9.72. The fraction of sp³-hybridized carbons (Fsp3) is 0.333. The molecule has 1 aromatic rings. The first-order valence-electron chi connectivity index (χ1n) is 4.60. The zero-order chi connectivity index (χ0) is 10.8. The molecule has 15 heavy (non-hydrogen) atoms. The second-order valence-corrected chi connectivity index (χ2v) is 3.29. The number of carbonyl (C=O) groups is 1. The number of amides is 1. The first-order chi connectivity index (χ1) is 7.20. The van der Waals surface area contributed by atoms with Crippen LogP contribution in [0, 0.1) is 6.92 Å². The van der Waals surface area contributed by atoms with Crippen LogP contribution in [0.15, 0.2) is 17.2 Å². The minimum Gasteiger partial charge on any atom is -0.325 e. The summed E-state index contributed by atoms with van der Waals surface area (Å²) in [4.78, 5) is 11.5. The Morgan fingerprint density at radius 3 is 2.80 bits per heavy atom. The number of anilines is 1. The van der Waals surface area contributed by atoms with Gasteiger partial charge in [-0.15, -0.1) is 5.10 Å². The van der Waals surface area contributed by atoms with E-state index in [9.17, 15) is 4.79 Å². The molecule has 6 nitrogen and oxygen atoms in total. The number of aryl methyl sites for hydroxylation is 1. The molecular weight excluding hydrogens is 194 g/mol. The van der Waals surface area contributed by atoms with Crippen molar-refractivity contribution in [2.24, 2.45) is 10.8 Å². The Morgan fingerprint density at radius 2 is 2.27 bits per heavy atom. The minimum absolute atomic E-state index is 0.117. The molecule has 0 fully saturated rings. The van der Waals surface area contributed by atoms with Crippen molar-refractivity contribution in [3.63, 3.8) is 0 Å². The van der Waals surface area contributed by atoms with Crippen LogP contribution >= 0.6 is 0 Å². The van der Waals surface area contributed by atoms with Gasteiger partial charge in [0.1, 0.15) is 0 Å². The Kier molecular flexibility index (Phi) is 2.42. The SMILES string of the molecule is Cc1ccc(N2N=C(CN)CC2=O)nn1. The zero-order valence-electron chi connectivity index (χ0n) is 8.34. The molecule has 2 N–H and O–H groups in total. The monoisotopic (exact) mass is 205 g/mol. The summed E-state index contributed by atoms with van der Waals surface area (Å²) in [6, 6.07) is 3.49. The molecule has 1 aliphatic heterocycles. The molecule has 0 unspecified atom stereocenters. The summed E-state index contributed by atoms with van der Waals surface area (Å²) in [6.07, 6.45) is 0.270. The molecule has 0 saturated heterocycles. The van der Waals surface area contributed by atoms with Gasteiger partial charge in [0.25, 0.3) is 5.91 Å². The molecule has 1 aliphatic rings. The van der Waals surface area contributed by atoms with Crippen molar-refractivity contribution in [3.05, 3.63) is 17.8 Å². The lowest BCUT2D eigenvalue weighted by Gasteiger charge is -2.08. The third-order valence-electron chi connectivity index (χ3n) is 2.07. The molecular formula is C9H11N5O. The van der Waals surface area contributed by atoms with Crippen LogP contribution in [-0.2, 0) is 4.79 Å². The fourth-order valence-corrected chi connectivity index (χ4v) is 1.28. The van der Waals surface area contributed by atoms with Crippen molar-refractivity contribution in [3.8, 4) is 0 Å². The molecule has 2 rings (SSSR count). The van der Waals surface area contributed by atoms with Crippen molar-refractivity contribution >= 4 is 17.4 Å². The quantitative estimate of drug-likeness (QED) is 0.726. The van der Waals surface area contributed by atoms with E-state index >= 15 is 0 Å². The zero-order valence-corrected chi connectivity index (χ0v) is 8.34. The normalized spacial score (nSPS) is 15.7. The maximum absolute atomic E-state index is 11.5. The van der Waals surface area contributed by atoms with E-state index in [-0.39, 0.29) is 12.3 Å². The number of hydrazone groups is 1. The summed E-state index contributed by atoms with van der Waals surface area (Å²) in [6.45, 7) is 2.12. The van der Waals surface area contributed by atoms with Gasteiger partial charge in [0.15, 0.2) is 5.82 Å². The molecule has 78 valence electrons. The average molecular weight is 205 g/mol. The molecule has 0 aromatic carbocycles. The number of hydrogen-bond donors (Lipinski definition) is 1. The third kappa shape index (κ3) is 1.84. The number of aromatic nitrogens is 2. The van der Waals surface area contributed by atoms with Crippen molar-refractivity contribution < 1.29 is 4.79 Å². The van der Waals surface area contributed by atoms with Crippen LogP contribution in [0.25, 0.3) is 0 Å². The predicted octanol–water partition coefficient (Wildman–Crippen LogP) is -0.164. The van der Waals surface area contributed by atoms with E-state index in [0.717, 1.165) is 5.69 Å². The molecule has 1 aromatic heterocycles. The van der Waals surface area contributed by atoms with Gasteiger partial charge in [0.05, 0.1) is 17.8 Å². The van der Waals surface area contributed by atoms with Crippen molar-refractivity contribution in [1.29, 1.82) is 0 Å². The van der Waals surface area contributed by atoms with Gasteiger partial charge in [0, 0.05) is 6.54 Å². The van der Waals surface area contributed by atoms with Crippen LogP contribution in [0.3, 0.4) is 0 Å². The van der Waals surface area contributed by atoms with E-state index < -0.39 is 0 Å². The van der Waals surface area contributed by atoms with Gasteiger partial charge in [-0.25, -0.2) is 0 Å². The van der Waals surface area contributed by atoms with Crippen molar-refractivity contribution in [2.45, 2.75) is 13.3 Å². The van der Waals surface area contributed by atoms with E-state index in [2.05, 4.69) is 15.3 Å². The average Bonchev–Trinajstić information content (AvgIpc) is 2.61. The Labute approximate surface area is 86.8 Å². The highest BCUT2D eigenvalue weighted by Gasteiger charge is 2.25. The number of hydrogen-bond acceptors (Lipinski definition) is 5. The summed E-state index contributed by atoms with van der Waals surface area (Å²) in [5.74, 6) is 0.322. The van der Waals surface area contributed by atoms with Crippen LogP contribution < -0.4 is 10.7 Å². The van der Waals surface area contributed by atoms with Crippen LogP contribution in [-0.4, -0.2) is 28.4 Å². The minimum atomic E-state index is -0.117. The van der Waals surface area contributed by atoms with Gasteiger partial charge in [0.2, 0.25) is 0 Å². The highest BCUT2D eigenvalue weighted by molar-refractivity contribution is 6.13. The maximum Gasteiger partial charge on any atom is 0.254 e. The Bertz CT molecular complexity index is 411. The van der Waals surface area contributed by atoms with E-state index in [1.165, 1.54) is 5.01 Å². The summed E-state index contributed by atoms with van der Waals surface area (Å²) in [7, 11) is 0. The van der Waals surface area contributed by atoms with Gasteiger partial charge in [-0.2, -0.15) is 15.2 Å². The van der Waals surface area contributed by atoms with E-state index in [1.807, 2.05) is 6.92 Å². The van der Waals surface area contributed by atoms with E-state index in [4.69, 9.17) is 5.73 Å². The molecule has 1 amide bonds. The summed E-state index contributed by atoms with van der Waals surface area (Å²) in [5.41, 5.74) is 6.88. The smallest absolute Gasteiger partial charge is 0.254 e. The number of carbonyl (C=O) groups excluding carboxylic acids is 1. The number of nitrogens with two attached hydrogens (primary N) is 1. The van der Waals surface area contributed by atoms with Gasteiger partial charge in [-0.1, -0.05) is 0 Å². The lowest BCUT2D eigenvalue weighted by molar-refractivity contribution is -0.116. The Morgan fingerprint density at radius 1 is 1.47 bits per heavy atom. The van der Waals surface area contributed by atoms with Gasteiger partial charge in [-0.3, -0.25) is 4.79 Å². The second kappa shape index (κ2) is 3.74. The molecule has 0 aliphatic carbocycles. The molecule has 0 radical (unpaired) electrons. The van der Waals surface area contributed by atoms with E-state index in [0.29, 0.717) is 18.1 Å². The summed E-state index contributed by atoms with van der Waals surface area (Å²) < 4.78 is 0.